The van der Waals surface area contributed by atoms with Gasteiger partial charge in [-0.25, -0.2) is 14.4 Å². The molecule has 1 aliphatic rings. The van der Waals surface area contributed by atoms with E-state index in [9.17, 15) is 32.4 Å². The summed E-state index contributed by atoms with van der Waals surface area (Å²) in [4.78, 5) is 38.2. The highest BCUT2D eigenvalue weighted by atomic mass is 32.2. The number of amides is 1. The highest BCUT2D eigenvalue weighted by molar-refractivity contribution is 7.99. The summed E-state index contributed by atoms with van der Waals surface area (Å²) in [5.41, 5.74) is -0.815. The van der Waals surface area contributed by atoms with Crippen molar-refractivity contribution in [2.45, 2.75) is 38.4 Å². The van der Waals surface area contributed by atoms with Crippen LogP contribution in [0, 0.1) is 23.1 Å². The van der Waals surface area contributed by atoms with E-state index in [-0.39, 0.29) is 28.3 Å². The van der Waals surface area contributed by atoms with Crippen molar-refractivity contribution in [2.24, 2.45) is 5.92 Å². The Morgan fingerprint density at radius 1 is 1.16 bits per heavy atom. The van der Waals surface area contributed by atoms with Gasteiger partial charge in [0.25, 0.3) is 5.56 Å². The van der Waals surface area contributed by atoms with E-state index in [0.717, 1.165) is 30.4 Å². The Hall–Kier alpha value is -4.24. The van der Waals surface area contributed by atoms with Crippen LogP contribution in [0.5, 0.6) is 0 Å². The third-order valence-electron chi connectivity index (χ3n) is 7.57. The Bertz CT molecular complexity index is 1740. The standard InChI is InChI=1S/C31H27F4N5O2S/c1-19(29-38-28-24(3-2-12-37-28)30(42)40(29)23-7-4-20(17-36)5-8-23)39(18-21-10-13-43-14-11-21)27(41)16-22-6-9-26(32)25(15-22)31(33,34)35/h2-9,12,15,19,21H,10-11,13-14,16,18H2,1H3/t19-/m1/s1. The number of thioether (sulfide) groups is 1. The van der Waals surface area contributed by atoms with Crippen LogP contribution in [0.4, 0.5) is 17.6 Å². The zero-order valence-corrected chi connectivity index (χ0v) is 24.0. The van der Waals surface area contributed by atoms with Gasteiger partial charge in [-0.3, -0.25) is 14.2 Å². The Morgan fingerprint density at radius 3 is 2.56 bits per heavy atom. The third kappa shape index (κ3) is 6.57. The van der Waals surface area contributed by atoms with Gasteiger partial charge < -0.3 is 4.90 Å². The number of fused-ring (bicyclic) bond motifs is 1. The van der Waals surface area contributed by atoms with Crippen LogP contribution in [0.25, 0.3) is 16.7 Å². The first kappa shape index (κ1) is 30.2. The predicted molar refractivity (Wildman–Crippen MR) is 155 cm³/mol. The van der Waals surface area contributed by atoms with E-state index >= 15 is 0 Å². The Balaban J connectivity index is 1.60. The molecule has 1 atom stereocenters. The lowest BCUT2D eigenvalue weighted by atomic mass is 10.00. The molecule has 2 aromatic carbocycles. The monoisotopic (exact) mass is 609 g/mol. The minimum absolute atomic E-state index is 0.0211. The first-order valence-corrected chi connectivity index (χ1v) is 14.8. The first-order chi connectivity index (χ1) is 20.6. The second-order valence-corrected chi connectivity index (χ2v) is 11.6. The molecule has 1 amide bonds. The number of nitrogens with zero attached hydrogens (tertiary/aromatic N) is 5. The summed E-state index contributed by atoms with van der Waals surface area (Å²) in [6.07, 6.45) is -2.10. The van der Waals surface area contributed by atoms with Crippen LogP contribution in [0.3, 0.4) is 0 Å². The van der Waals surface area contributed by atoms with E-state index in [4.69, 9.17) is 4.98 Å². The number of rotatable bonds is 7. The topological polar surface area (TPSA) is 91.9 Å². The number of carbonyl (C=O) groups excluding carboxylic acids is 1. The molecule has 1 aliphatic heterocycles. The molecular weight excluding hydrogens is 582 g/mol. The summed E-state index contributed by atoms with van der Waals surface area (Å²) in [7, 11) is 0. The number of hydrogen-bond donors (Lipinski definition) is 0. The van der Waals surface area contributed by atoms with E-state index in [2.05, 4.69) is 4.98 Å². The van der Waals surface area contributed by atoms with E-state index < -0.39 is 41.5 Å². The zero-order valence-electron chi connectivity index (χ0n) is 23.1. The SMILES string of the molecule is C[C@H](c1nc2ncccc2c(=O)n1-c1ccc(C#N)cc1)N(CC1CCSCC1)C(=O)Cc1ccc(F)c(C(F)(F)F)c1. The fraction of sp³-hybridized carbons (Fsp3) is 0.323. The highest BCUT2D eigenvalue weighted by Gasteiger charge is 2.35. The van der Waals surface area contributed by atoms with Crippen molar-refractivity contribution >= 4 is 28.7 Å². The molecule has 0 unspecified atom stereocenters. The molecule has 5 rings (SSSR count). The molecular formula is C31H27F4N5O2S. The van der Waals surface area contributed by atoms with E-state index in [1.54, 1.807) is 48.2 Å². The van der Waals surface area contributed by atoms with Gasteiger partial charge in [0.15, 0.2) is 5.65 Å². The molecule has 0 N–H and O–H groups in total. The van der Waals surface area contributed by atoms with Crippen molar-refractivity contribution in [1.82, 2.24) is 19.4 Å². The van der Waals surface area contributed by atoms with Crippen LogP contribution in [0.15, 0.2) is 65.6 Å². The summed E-state index contributed by atoms with van der Waals surface area (Å²) in [5.74, 6) is 0.305. The second kappa shape index (κ2) is 12.6. The van der Waals surface area contributed by atoms with Gasteiger partial charge >= 0.3 is 6.18 Å². The highest BCUT2D eigenvalue weighted by Crippen LogP contribution is 2.33. The number of alkyl halides is 3. The lowest BCUT2D eigenvalue weighted by Gasteiger charge is -2.34. The maximum absolute atomic E-state index is 14.0. The molecule has 3 heterocycles. The lowest BCUT2D eigenvalue weighted by Crippen LogP contribution is -2.41. The molecule has 12 heteroatoms. The number of hydrogen-bond acceptors (Lipinski definition) is 6. The smallest absolute Gasteiger partial charge is 0.332 e. The summed E-state index contributed by atoms with van der Waals surface area (Å²) in [6.45, 7) is 2.02. The normalized spacial score (nSPS) is 14.8. The number of benzene rings is 2. The van der Waals surface area contributed by atoms with Gasteiger partial charge in [-0.1, -0.05) is 6.07 Å². The molecule has 43 heavy (non-hydrogen) atoms. The molecule has 4 aromatic rings. The average molecular weight is 610 g/mol. The van der Waals surface area contributed by atoms with Gasteiger partial charge in [0, 0.05) is 12.7 Å². The minimum Gasteiger partial charge on any atom is -0.332 e. The molecule has 222 valence electrons. The average Bonchev–Trinajstić information content (AvgIpc) is 3.00. The molecule has 0 bridgehead atoms. The Labute approximate surface area is 249 Å². The molecule has 0 radical (unpaired) electrons. The number of carbonyl (C=O) groups is 1. The number of aromatic nitrogens is 3. The van der Waals surface area contributed by atoms with Crippen LogP contribution in [0.1, 0.15) is 48.3 Å². The third-order valence-corrected chi connectivity index (χ3v) is 8.62. The number of pyridine rings is 1. The van der Waals surface area contributed by atoms with Crippen LogP contribution >= 0.6 is 11.8 Å². The van der Waals surface area contributed by atoms with Crippen molar-refractivity contribution in [3.63, 3.8) is 0 Å². The van der Waals surface area contributed by atoms with E-state index in [1.165, 1.54) is 16.8 Å². The van der Waals surface area contributed by atoms with E-state index in [1.807, 2.05) is 17.8 Å². The van der Waals surface area contributed by atoms with Crippen molar-refractivity contribution in [3.8, 4) is 11.8 Å². The van der Waals surface area contributed by atoms with Gasteiger partial charge in [0.05, 0.1) is 40.7 Å². The second-order valence-electron chi connectivity index (χ2n) is 10.4. The summed E-state index contributed by atoms with van der Waals surface area (Å²) in [5, 5.41) is 9.52. The predicted octanol–water partition coefficient (Wildman–Crippen LogP) is 6.09. The van der Waals surface area contributed by atoms with Crippen molar-refractivity contribution in [3.05, 3.63) is 99.5 Å². The molecule has 0 spiro atoms. The van der Waals surface area contributed by atoms with Crippen LogP contribution < -0.4 is 5.56 Å². The quantitative estimate of drug-likeness (QED) is 0.236. The van der Waals surface area contributed by atoms with E-state index in [0.29, 0.717) is 23.9 Å². The summed E-state index contributed by atoms with van der Waals surface area (Å²) < 4.78 is 55.5. The molecule has 7 nitrogen and oxygen atoms in total. The van der Waals surface area contributed by atoms with Crippen molar-refractivity contribution in [2.75, 3.05) is 18.1 Å². The van der Waals surface area contributed by atoms with Gasteiger partial charge in [-0.15, -0.1) is 0 Å². The number of nitriles is 1. The summed E-state index contributed by atoms with van der Waals surface area (Å²) >= 11 is 1.82. The van der Waals surface area contributed by atoms with Gasteiger partial charge in [-0.2, -0.15) is 30.2 Å². The maximum Gasteiger partial charge on any atom is 0.419 e. The Morgan fingerprint density at radius 2 is 1.88 bits per heavy atom. The van der Waals surface area contributed by atoms with Crippen LogP contribution in [0.2, 0.25) is 0 Å². The van der Waals surface area contributed by atoms with Gasteiger partial charge in [-0.05, 0) is 91.3 Å². The largest absolute Gasteiger partial charge is 0.419 e. The van der Waals surface area contributed by atoms with Crippen molar-refractivity contribution < 1.29 is 22.4 Å². The van der Waals surface area contributed by atoms with Crippen LogP contribution in [-0.4, -0.2) is 43.4 Å². The first-order valence-electron chi connectivity index (χ1n) is 13.7. The molecule has 0 saturated carbocycles. The van der Waals surface area contributed by atoms with Crippen LogP contribution in [-0.2, 0) is 17.4 Å². The molecule has 0 aliphatic carbocycles. The molecule has 1 saturated heterocycles. The number of halogens is 4. The Kier molecular flexibility index (Phi) is 8.82. The zero-order chi connectivity index (χ0) is 30.7. The van der Waals surface area contributed by atoms with Gasteiger partial charge in [0.1, 0.15) is 11.6 Å². The van der Waals surface area contributed by atoms with Crippen molar-refractivity contribution in [1.29, 1.82) is 5.26 Å². The fourth-order valence-electron chi connectivity index (χ4n) is 5.25. The fourth-order valence-corrected chi connectivity index (χ4v) is 6.45. The molecule has 1 fully saturated rings. The molecule has 2 aromatic heterocycles. The maximum atomic E-state index is 14.0. The summed E-state index contributed by atoms with van der Waals surface area (Å²) in [6, 6.07) is 13.4. The minimum atomic E-state index is -4.91. The lowest BCUT2D eigenvalue weighted by molar-refractivity contribution is -0.140. The van der Waals surface area contributed by atoms with Gasteiger partial charge in [0.2, 0.25) is 5.91 Å².